The fourth-order valence-electron chi connectivity index (χ4n) is 2.09. The zero-order valence-corrected chi connectivity index (χ0v) is 12.3. The Bertz CT molecular complexity index is 363. The third-order valence-corrected chi connectivity index (χ3v) is 4.36. The monoisotopic (exact) mass is 269 g/mol. The molecule has 1 aromatic heterocycles. The smallest absolute Gasteiger partial charge is 0.185 e. The normalized spacial score (nSPS) is 21.2. The Balaban J connectivity index is 1.96. The summed E-state index contributed by atoms with van der Waals surface area (Å²) in [6, 6.07) is 0.825. The second-order valence-electron chi connectivity index (χ2n) is 4.86. The average Bonchev–Trinajstić information content (AvgIpc) is 3.05. The maximum Gasteiger partial charge on any atom is 0.185 e. The van der Waals surface area contributed by atoms with E-state index in [1.165, 1.54) is 0 Å². The van der Waals surface area contributed by atoms with Gasteiger partial charge >= 0.3 is 0 Å². The van der Waals surface area contributed by atoms with Crippen LogP contribution in [0.4, 0.5) is 5.13 Å². The molecule has 18 heavy (non-hydrogen) atoms. The van der Waals surface area contributed by atoms with Crippen LogP contribution >= 0.6 is 11.3 Å². The Morgan fingerprint density at radius 2 is 2.50 bits per heavy atom. The average molecular weight is 269 g/mol. The Hall–Kier alpha value is -0.650. The molecule has 0 amide bonds. The van der Waals surface area contributed by atoms with Crippen LogP contribution in [0.3, 0.4) is 0 Å². The third kappa shape index (κ3) is 3.22. The topological polar surface area (TPSA) is 37.4 Å². The molecule has 0 spiro atoms. The molecule has 1 fully saturated rings. The van der Waals surface area contributed by atoms with Gasteiger partial charge in [0.2, 0.25) is 0 Å². The number of aromatic nitrogens is 1. The largest absolute Gasteiger partial charge is 0.379 e. The highest BCUT2D eigenvalue weighted by atomic mass is 32.1. The van der Waals surface area contributed by atoms with Gasteiger partial charge in [-0.1, -0.05) is 6.92 Å². The van der Waals surface area contributed by atoms with Crippen molar-refractivity contribution in [3.63, 3.8) is 0 Å². The van der Waals surface area contributed by atoms with Gasteiger partial charge in [-0.3, -0.25) is 0 Å². The molecule has 1 saturated heterocycles. The number of anilines is 1. The van der Waals surface area contributed by atoms with Gasteiger partial charge in [-0.25, -0.2) is 4.98 Å². The molecular formula is C13H23N3OS. The van der Waals surface area contributed by atoms with E-state index >= 15 is 0 Å². The zero-order chi connectivity index (χ0) is 13.0. The summed E-state index contributed by atoms with van der Waals surface area (Å²) < 4.78 is 5.43. The minimum atomic E-state index is 0.336. The first-order chi connectivity index (χ1) is 8.72. The van der Waals surface area contributed by atoms with Crippen molar-refractivity contribution in [3.8, 4) is 0 Å². The number of hydrogen-bond donors (Lipinski definition) is 1. The second kappa shape index (κ2) is 6.50. The molecule has 0 radical (unpaired) electrons. The predicted molar refractivity (Wildman–Crippen MR) is 76.4 cm³/mol. The molecule has 2 rings (SSSR count). The molecule has 1 N–H and O–H groups in total. The Labute approximate surface area is 113 Å². The molecule has 4 nitrogen and oxygen atoms in total. The number of nitrogens with one attached hydrogen (secondary N) is 1. The van der Waals surface area contributed by atoms with Crippen LogP contribution in [0.25, 0.3) is 0 Å². The van der Waals surface area contributed by atoms with Crippen molar-refractivity contribution >= 4 is 16.5 Å². The summed E-state index contributed by atoms with van der Waals surface area (Å²) in [6.45, 7) is 7.10. The van der Waals surface area contributed by atoms with Gasteiger partial charge in [0.1, 0.15) is 0 Å². The summed E-state index contributed by atoms with van der Waals surface area (Å²) in [4.78, 5) is 6.99. The summed E-state index contributed by atoms with van der Waals surface area (Å²) in [7, 11) is 2.12. The SMILES string of the molecule is CCCNC(C)c1csc(N(C)C2CCOC2)n1. The van der Waals surface area contributed by atoms with E-state index in [4.69, 9.17) is 9.72 Å². The fourth-order valence-corrected chi connectivity index (χ4v) is 3.04. The minimum absolute atomic E-state index is 0.336. The van der Waals surface area contributed by atoms with Gasteiger partial charge in [-0.15, -0.1) is 11.3 Å². The van der Waals surface area contributed by atoms with Crippen LogP contribution in [0.2, 0.25) is 0 Å². The van der Waals surface area contributed by atoms with E-state index in [0.717, 1.165) is 43.4 Å². The first-order valence-corrected chi connectivity index (χ1v) is 7.59. The molecule has 0 aliphatic carbocycles. The molecule has 0 saturated carbocycles. The van der Waals surface area contributed by atoms with E-state index in [2.05, 4.69) is 36.5 Å². The minimum Gasteiger partial charge on any atom is -0.379 e. The number of rotatable bonds is 6. The molecular weight excluding hydrogens is 246 g/mol. The number of ether oxygens (including phenoxy) is 1. The maximum absolute atomic E-state index is 5.43. The molecule has 2 atom stereocenters. The van der Waals surface area contributed by atoms with E-state index < -0.39 is 0 Å². The quantitative estimate of drug-likeness (QED) is 0.860. The van der Waals surface area contributed by atoms with E-state index in [1.807, 2.05) is 0 Å². The first kappa shape index (κ1) is 13.8. The van der Waals surface area contributed by atoms with E-state index in [9.17, 15) is 0 Å². The van der Waals surface area contributed by atoms with Crippen molar-refractivity contribution < 1.29 is 4.74 Å². The molecule has 1 aliphatic rings. The highest BCUT2D eigenvalue weighted by Crippen LogP contribution is 2.26. The van der Waals surface area contributed by atoms with Gasteiger partial charge in [0.05, 0.1) is 18.3 Å². The predicted octanol–water partition coefficient (Wildman–Crippen LogP) is 2.43. The molecule has 5 heteroatoms. The van der Waals surface area contributed by atoms with Crippen molar-refractivity contribution in [2.45, 2.75) is 38.8 Å². The fraction of sp³-hybridized carbons (Fsp3) is 0.769. The first-order valence-electron chi connectivity index (χ1n) is 6.71. The molecule has 1 aromatic rings. The lowest BCUT2D eigenvalue weighted by Gasteiger charge is -2.22. The Morgan fingerprint density at radius 3 is 3.17 bits per heavy atom. The van der Waals surface area contributed by atoms with E-state index in [-0.39, 0.29) is 0 Å². The highest BCUT2D eigenvalue weighted by Gasteiger charge is 2.23. The zero-order valence-electron chi connectivity index (χ0n) is 11.5. The van der Waals surface area contributed by atoms with Crippen LogP contribution in [0.5, 0.6) is 0 Å². The van der Waals surface area contributed by atoms with Crippen LogP contribution in [0.1, 0.15) is 38.4 Å². The van der Waals surface area contributed by atoms with Crippen LogP contribution < -0.4 is 10.2 Å². The van der Waals surface area contributed by atoms with Crippen molar-refractivity contribution in [2.75, 3.05) is 31.7 Å². The lowest BCUT2D eigenvalue weighted by molar-refractivity contribution is 0.193. The van der Waals surface area contributed by atoms with Crippen LogP contribution in [0, 0.1) is 0 Å². The number of nitrogens with zero attached hydrogens (tertiary/aromatic N) is 2. The van der Waals surface area contributed by atoms with Crippen molar-refractivity contribution in [3.05, 3.63) is 11.1 Å². The van der Waals surface area contributed by atoms with Gasteiger partial charge in [0, 0.05) is 25.1 Å². The lowest BCUT2D eigenvalue weighted by atomic mass is 10.2. The summed E-state index contributed by atoms with van der Waals surface area (Å²) in [6.07, 6.45) is 2.26. The molecule has 0 bridgehead atoms. The molecule has 2 heterocycles. The van der Waals surface area contributed by atoms with Crippen LogP contribution in [-0.4, -0.2) is 37.8 Å². The van der Waals surface area contributed by atoms with Gasteiger partial charge < -0.3 is 15.0 Å². The number of likely N-dealkylation sites (N-methyl/N-ethyl adjacent to an activating group) is 1. The van der Waals surface area contributed by atoms with E-state index in [0.29, 0.717) is 12.1 Å². The summed E-state index contributed by atoms with van der Waals surface area (Å²) in [5.74, 6) is 0. The summed E-state index contributed by atoms with van der Waals surface area (Å²) in [5, 5.41) is 6.74. The van der Waals surface area contributed by atoms with Crippen molar-refractivity contribution in [1.82, 2.24) is 10.3 Å². The molecule has 1 aliphatic heterocycles. The van der Waals surface area contributed by atoms with Crippen molar-refractivity contribution in [2.24, 2.45) is 0 Å². The molecule has 102 valence electrons. The maximum atomic E-state index is 5.43. The molecule has 0 aromatic carbocycles. The van der Waals surface area contributed by atoms with Crippen molar-refractivity contribution in [1.29, 1.82) is 0 Å². The van der Waals surface area contributed by atoms with Crippen LogP contribution in [-0.2, 0) is 4.74 Å². The van der Waals surface area contributed by atoms with Gasteiger partial charge in [-0.05, 0) is 26.3 Å². The summed E-state index contributed by atoms with van der Waals surface area (Å²) >= 11 is 1.73. The second-order valence-corrected chi connectivity index (χ2v) is 5.70. The van der Waals surface area contributed by atoms with Gasteiger partial charge in [0.15, 0.2) is 5.13 Å². The molecule has 2 unspecified atom stereocenters. The van der Waals surface area contributed by atoms with Gasteiger partial charge in [-0.2, -0.15) is 0 Å². The van der Waals surface area contributed by atoms with E-state index in [1.54, 1.807) is 11.3 Å². The van der Waals surface area contributed by atoms with Gasteiger partial charge in [0.25, 0.3) is 0 Å². The Kier molecular flexibility index (Phi) is 4.97. The highest BCUT2D eigenvalue weighted by molar-refractivity contribution is 7.13. The number of hydrogen-bond acceptors (Lipinski definition) is 5. The van der Waals surface area contributed by atoms with Crippen LogP contribution in [0.15, 0.2) is 5.38 Å². The summed E-state index contributed by atoms with van der Waals surface area (Å²) in [5.41, 5.74) is 1.15. The lowest BCUT2D eigenvalue weighted by Crippen LogP contribution is -2.31. The third-order valence-electron chi connectivity index (χ3n) is 3.41. The Morgan fingerprint density at radius 1 is 1.67 bits per heavy atom. The standard InChI is InChI=1S/C13H23N3OS/c1-4-6-14-10(2)12-9-18-13(15-12)16(3)11-5-7-17-8-11/h9-11,14H,4-8H2,1-3H3. The number of thiazole rings is 1.